The van der Waals surface area contributed by atoms with Crippen LogP contribution in [0.15, 0.2) is 64.3 Å². The lowest BCUT2D eigenvalue weighted by Gasteiger charge is -2.50. The fourth-order valence-corrected chi connectivity index (χ4v) is 8.23. The number of nitrogens with zero attached hydrogens (tertiary/aromatic N) is 1. The lowest BCUT2D eigenvalue weighted by atomic mass is 9.76. The van der Waals surface area contributed by atoms with Gasteiger partial charge in [-0.3, -0.25) is 14.3 Å². The number of unbranched alkanes of at least 4 members (excludes halogenated alkanes) is 18. The Morgan fingerprint density at radius 3 is 1.92 bits per heavy atom. The van der Waals surface area contributed by atoms with Crippen LogP contribution in [0.2, 0.25) is 0 Å². The lowest BCUT2D eigenvalue weighted by Crippen LogP contribution is -2.65. The minimum Gasteiger partial charge on any atom is -0.388 e. The van der Waals surface area contributed by atoms with Crippen LogP contribution in [0.5, 0.6) is 0 Å². The highest BCUT2D eigenvalue weighted by molar-refractivity contribution is 5.70. The summed E-state index contributed by atoms with van der Waals surface area (Å²) >= 11 is 0. The average Bonchev–Trinajstić information content (AvgIpc) is 3.15. The number of aliphatic hydroxyl groups excluding tert-OH is 2. The number of fused-ring (bicyclic) bond motifs is 1. The van der Waals surface area contributed by atoms with Gasteiger partial charge in [0.15, 0.2) is 6.23 Å². The average molecular weight is 717 g/mol. The van der Waals surface area contributed by atoms with Gasteiger partial charge in [-0.15, -0.1) is 0 Å². The number of aromatic nitrogens is 2. The summed E-state index contributed by atoms with van der Waals surface area (Å²) in [5.74, 6) is 0. The molecule has 3 N–H and O–H groups in total. The van der Waals surface area contributed by atoms with Gasteiger partial charge in [0, 0.05) is 18.7 Å². The summed E-state index contributed by atoms with van der Waals surface area (Å²) in [7, 11) is 0. The van der Waals surface area contributed by atoms with Crippen molar-refractivity contribution in [2.24, 2.45) is 0 Å². The van der Waals surface area contributed by atoms with Gasteiger partial charge in [-0.1, -0.05) is 165 Å². The molecular formula is C44H64N2O6. The second kappa shape index (κ2) is 21.0. The molecule has 0 amide bonds. The molecule has 5 rings (SSSR count). The first kappa shape index (κ1) is 40.2. The van der Waals surface area contributed by atoms with Crippen molar-refractivity contribution >= 4 is 0 Å². The molecule has 0 bridgehead atoms. The highest BCUT2D eigenvalue weighted by atomic mass is 16.6. The lowest BCUT2D eigenvalue weighted by molar-refractivity contribution is -0.284. The van der Waals surface area contributed by atoms with E-state index in [4.69, 9.17) is 9.47 Å². The molecule has 2 aromatic carbocycles. The van der Waals surface area contributed by atoms with Crippen LogP contribution in [0.25, 0.3) is 11.1 Å². The van der Waals surface area contributed by atoms with E-state index in [0.717, 1.165) is 39.7 Å². The van der Waals surface area contributed by atoms with Gasteiger partial charge >= 0.3 is 5.69 Å². The van der Waals surface area contributed by atoms with E-state index in [9.17, 15) is 19.8 Å². The summed E-state index contributed by atoms with van der Waals surface area (Å²) in [6.45, 7) is 2.39. The van der Waals surface area contributed by atoms with Crippen molar-refractivity contribution in [1.82, 2.24) is 9.55 Å². The summed E-state index contributed by atoms with van der Waals surface area (Å²) in [5, 5.41) is 22.9. The first-order chi connectivity index (χ1) is 25.4. The zero-order valence-corrected chi connectivity index (χ0v) is 31.7. The summed E-state index contributed by atoms with van der Waals surface area (Å²) in [4.78, 5) is 26.5. The predicted molar refractivity (Wildman–Crippen MR) is 209 cm³/mol. The van der Waals surface area contributed by atoms with Gasteiger partial charge in [0.05, 0.1) is 13.2 Å². The van der Waals surface area contributed by atoms with E-state index in [0.29, 0.717) is 0 Å². The third-order valence-electron chi connectivity index (χ3n) is 11.4. The van der Waals surface area contributed by atoms with Crippen LogP contribution in [-0.4, -0.2) is 44.2 Å². The SMILES string of the molecule is CCCCCCCCCCCCCCCCCCCCCc1cc2c(c(-c3ccccc3)c1)C[C@@]1(OC2)[C@H](O)CO[C@@H](n2ccc(=O)[nH]c2=O)[C@@H]1O. The zero-order valence-electron chi connectivity index (χ0n) is 31.7. The molecule has 52 heavy (non-hydrogen) atoms. The van der Waals surface area contributed by atoms with Gasteiger partial charge in [0.25, 0.3) is 5.56 Å². The van der Waals surface area contributed by atoms with Crippen LogP contribution in [0.1, 0.15) is 152 Å². The fourth-order valence-electron chi connectivity index (χ4n) is 8.23. The van der Waals surface area contributed by atoms with Crippen molar-refractivity contribution in [3.63, 3.8) is 0 Å². The summed E-state index contributed by atoms with van der Waals surface area (Å²) in [5.41, 5.74) is 2.91. The molecule has 1 spiro atoms. The zero-order chi connectivity index (χ0) is 36.6. The fraction of sp³-hybridized carbons (Fsp3) is 0.636. The maximum absolute atomic E-state index is 12.6. The Kier molecular flexibility index (Phi) is 16.2. The number of benzene rings is 2. The first-order valence-corrected chi connectivity index (χ1v) is 20.6. The molecule has 2 aliphatic rings. The number of ether oxygens (including phenoxy) is 2. The Labute approximate surface area is 311 Å². The highest BCUT2D eigenvalue weighted by Gasteiger charge is 2.55. The number of hydrogen-bond acceptors (Lipinski definition) is 6. The van der Waals surface area contributed by atoms with E-state index in [1.807, 2.05) is 18.2 Å². The summed E-state index contributed by atoms with van der Waals surface area (Å²) < 4.78 is 13.3. The van der Waals surface area contributed by atoms with E-state index in [1.165, 1.54) is 133 Å². The number of aliphatic hydroxyl groups is 2. The van der Waals surface area contributed by atoms with E-state index >= 15 is 0 Å². The predicted octanol–water partition coefficient (Wildman–Crippen LogP) is 8.94. The number of nitrogens with one attached hydrogen (secondary N) is 1. The third-order valence-corrected chi connectivity index (χ3v) is 11.4. The standard InChI is InChI=1S/C44H64N2O6/c1-2-3-4-5-6-7-8-9-10-11-12-13-14-15-16-17-18-19-21-24-34-29-36-32-52-44(31-38(36)37(30-34)35-25-22-20-23-26-35)39(47)33-51-42(41(44)49)46-28-27-40(48)45-43(46)50/h20,22-23,25-30,39,41-42,47,49H,2-19,21,24,31-33H2,1H3,(H,45,48,50)/t39-,41+,42-,44-/m1/s1. The molecule has 8 nitrogen and oxygen atoms in total. The molecule has 286 valence electrons. The van der Waals surface area contributed by atoms with Crippen LogP contribution in [0.4, 0.5) is 0 Å². The molecule has 1 aromatic heterocycles. The van der Waals surface area contributed by atoms with E-state index in [1.54, 1.807) is 0 Å². The molecule has 1 fully saturated rings. The second-order valence-corrected chi connectivity index (χ2v) is 15.4. The molecule has 0 saturated carbocycles. The molecule has 3 heterocycles. The van der Waals surface area contributed by atoms with Crippen LogP contribution in [0.3, 0.4) is 0 Å². The quantitative estimate of drug-likeness (QED) is 0.0895. The normalized spacial score (nSPS) is 21.4. The Bertz CT molecular complexity index is 1600. The van der Waals surface area contributed by atoms with Crippen molar-refractivity contribution in [2.45, 2.75) is 172 Å². The molecule has 0 unspecified atom stereocenters. The van der Waals surface area contributed by atoms with Crippen molar-refractivity contribution in [2.75, 3.05) is 6.61 Å². The molecule has 1 saturated heterocycles. The molecule has 8 heteroatoms. The summed E-state index contributed by atoms with van der Waals surface area (Å²) in [6, 6.07) is 16.0. The molecule has 0 aliphatic carbocycles. The van der Waals surface area contributed by atoms with Crippen LogP contribution < -0.4 is 11.2 Å². The first-order valence-electron chi connectivity index (χ1n) is 20.6. The Morgan fingerprint density at radius 2 is 1.35 bits per heavy atom. The number of hydrogen-bond donors (Lipinski definition) is 3. The van der Waals surface area contributed by atoms with Gasteiger partial charge < -0.3 is 19.7 Å². The van der Waals surface area contributed by atoms with Crippen molar-refractivity contribution in [3.05, 3.63) is 92.3 Å². The van der Waals surface area contributed by atoms with Crippen LogP contribution in [-0.2, 0) is 28.9 Å². The number of aryl methyl sites for hydroxylation is 1. The van der Waals surface area contributed by atoms with Gasteiger partial charge in [-0.2, -0.15) is 0 Å². The minimum absolute atomic E-state index is 0.124. The van der Waals surface area contributed by atoms with Crippen LogP contribution >= 0.6 is 0 Å². The Balaban J connectivity index is 1.07. The van der Waals surface area contributed by atoms with E-state index in [-0.39, 0.29) is 19.6 Å². The third kappa shape index (κ3) is 11.0. The number of aromatic amines is 1. The maximum Gasteiger partial charge on any atom is 0.330 e. The second-order valence-electron chi connectivity index (χ2n) is 15.4. The van der Waals surface area contributed by atoms with Crippen molar-refractivity contribution in [1.29, 1.82) is 0 Å². The van der Waals surface area contributed by atoms with Crippen LogP contribution in [0, 0.1) is 0 Å². The molecule has 3 aromatic rings. The number of H-pyrrole nitrogens is 1. The molecular weight excluding hydrogens is 652 g/mol. The molecule has 0 radical (unpaired) electrons. The smallest absolute Gasteiger partial charge is 0.330 e. The molecule has 4 atom stereocenters. The minimum atomic E-state index is -1.39. The largest absolute Gasteiger partial charge is 0.388 e. The monoisotopic (exact) mass is 716 g/mol. The summed E-state index contributed by atoms with van der Waals surface area (Å²) in [6.07, 6.45) is 25.0. The van der Waals surface area contributed by atoms with Gasteiger partial charge in [0.2, 0.25) is 0 Å². The van der Waals surface area contributed by atoms with E-state index < -0.39 is 35.3 Å². The van der Waals surface area contributed by atoms with Gasteiger partial charge in [-0.05, 0) is 40.7 Å². The van der Waals surface area contributed by atoms with Gasteiger partial charge in [0.1, 0.15) is 17.8 Å². The highest BCUT2D eigenvalue weighted by Crippen LogP contribution is 2.44. The molecule has 2 aliphatic heterocycles. The topological polar surface area (TPSA) is 114 Å². The van der Waals surface area contributed by atoms with Crippen molar-refractivity contribution < 1.29 is 19.7 Å². The Morgan fingerprint density at radius 1 is 0.769 bits per heavy atom. The van der Waals surface area contributed by atoms with E-state index in [2.05, 4.69) is 36.2 Å². The van der Waals surface area contributed by atoms with Gasteiger partial charge in [-0.25, -0.2) is 4.79 Å². The van der Waals surface area contributed by atoms with Crippen molar-refractivity contribution in [3.8, 4) is 11.1 Å². The maximum atomic E-state index is 12.6. The Hall–Kier alpha value is -3.04. The number of rotatable bonds is 22.